The van der Waals surface area contributed by atoms with Gasteiger partial charge in [-0.25, -0.2) is 4.79 Å². The Bertz CT molecular complexity index is 872. The molecule has 2 aromatic heterocycles. The van der Waals surface area contributed by atoms with Crippen molar-refractivity contribution >= 4 is 11.9 Å². The Morgan fingerprint density at radius 2 is 1.86 bits per heavy atom. The molecule has 0 aromatic carbocycles. The monoisotopic (exact) mass is 385 g/mol. The lowest BCUT2D eigenvalue weighted by Crippen LogP contribution is -2.39. The van der Waals surface area contributed by atoms with E-state index in [1.54, 1.807) is 17.1 Å². The fourth-order valence-corrected chi connectivity index (χ4v) is 3.99. The van der Waals surface area contributed by atoms with E-state index in [4.69, 9.17) is 5.11 Å². The second-order valence-electron chi connectivity index (χ2n) is 8.33. The molecule has 8 heteroatoms. The van der Waals surface area contributed by atoms with Crippen LogP contribution in [0.4, 0.5) is 0 Å². The highest BCUT2D eigenvalue weighted by Gasteiger charge is 2.35. The highest BCUT2D eigenvalue weighted by Crippen LogP contribution is 2.42. The van der Waals surface area contributed by atoms with Crippen molar-refractivity contribution in [2.24, 2.45) is 5.92 Å². The van der Waals surface area contributed by atoms with Crippen molar-refractivity contribution in [2.45, 2.75) is 58.0 Å². The lowest BCUT2D eigenvalue weighted by Gasteiger charge is -2.32. The quantitative estimate of drug-likeness (QED) is 0.825. The van der Waals surface area contributed by atoms with E-state index in [-0.39, 0.29) is 17.5 Å². The van der Waals surface area contributed by atoms with Gasteiger partial charge in [0.1, 0.15) is 0 Å². The average Bonchev–Trinajstić information content (AvgIpc) is 3.22. The maximum atomic E-state index is 13.2. The summed E-state index contributed by atoms with van der Waals surface area (Å²) in [7, 11) is 0. The molecule has 1 saturated carbocycles. The number of likely N-dealkylation sites (tertiary alicyclic amines) is 1. The van der Waals surface area contributed by atoms with Gasteiger partial charge in [0.05, 0.1) is 35.3 Å². The molecular weight excluding hydrogens is 358 g/mol. The first-order valence-corrected chi connectivity index (χ1v) is 10.1. The molecule has 3 heterocycles. The van der Waals surface area contributed by atoms with E-state index in [2.05, 4.69) is 24.0 Å². The number of hydrogen-bond donors (Lipinski definition) is 1. The molecule has 2 aromatic rings. The third-order valence-corrected chi connectivity index (χ3v) is 5.59. The van der Waals surface area contributed by atoms with Gasteiger partial charge in [-0.2, -0.15) is 10.2 Å². The summed E-state index contributed by atoms with van der Waals surface area (Å²) >= 11 is 0. The average molecular weight is 385 g/mol. The van der Waals surface area contributed by atoms with E-state index in [9.17, 15) is 9.59 Å². The zero-order valence-corrected chi connectivity index (χ0v) is 16.4. The van der Waals surface area contributed by atoms with E-state index >= 15 is 0 Å². The fourth-order valence-electron chi connectivity index (χ4n) is 3.99. The predicted octanol–water partition coefficient (Wildman–Crippen LogP) is 2.79. The molecule has 2 aliphatic rings. The maximum absolute atomic E-state index is 13.2. The number of carboxylic acid groups (broad SMARTS) is 1. The van der Waals surface area contributed by atoms with Crippen LogP contribution in [0.3, 0.4) is 0 Å². The topological polar surface area (TPSA) is 93.2 Å². The number of amides is 1. The number of rotatable bonds is 6. The minimum atomic E-state index is -0.968. The predicted molar refractivity (Wildman–Crippen MR) is 102 cm³/mol. The Morgan fingerprint density at radius 3 is 2.43 bits per heavy atom. The van der Waals surface area contributed by atoms with Crippen LogP contribution in [0.1, 0.15) is 77.9 Å². The van der Waals surface area contributed by atoms with Crippen LogP contribution in [0.25, 0.3) is 0 Å². The van der Waals surface area contributed by atoms with Crippen LogP contribution in [0.15, 0.2) is 18.6 Å². The zero-order valence-electron chi connectivity index (χ0n) is 16.4. The first-order valence-electron chi connectivity index (χ1n) is 10.1. The fraction of sp³-hybridized carbons (Fsp3) is 0.600. The van der Waals surface area contributed by atoms with Crippen molar-refractivity contribution in [3.05, 3.63) is 35.4 Å². The van der Waals surface area contributed by atoms with Crippen LogP contribution in [0, 0.1) is 5.92 Å². The van der Waals surface area contributed by atoms with Gasteiger partial charge in [-0.15, -0.1) is 0 Å². The van der Waals surface area contributed by atoms with E-state index in [1.807, 2.05) is 9.58 Å². The Kier molecular flexibility index (Phi) is 4.95. The summed E-state index contributed by atoms with van der Waals surface area (Å²) in [6, 6.07) is 0.128. The van der Waals surface area contributed by atoms with Crippen LogP contribution >= 0.6 is 0 Å². The summed E-state index contributed by atoms with van der Waals surface area (Å²) in [5, 5.41) is 17.8. The van der Waals surface area contributed by atoms with Crippen molar-refractivity contribution < 1.29 is 14.7 Å². The molecule has 8 nitrogen and oxygen atoms in total. The number of piperidine rings is 1. The van der Waals surface area contributed by atoms with Gasteiger partial charge >= 0.3 is 5.97 Å². The van der Waals surface area contributed by atoms with E-state index in [0.29, 0.717) is 24.9 Å². The molecular formula is C20H27N5O3. The Hall–Kier alpha value is -2.64. The summed E-state index contributed by atoms with van der Waals surface area (Å²) in [4.78, 5) is 26.1. The number of nitrogens with zero attached hydrogens (tertiary/aromatic N) is 5. The molecule has 1 N–H and O–H groups in total. The lowest BCUT2D eigenvalue weighted by atomic mass is 10.0. The number of carbonyl (C=O) groups excluding carboxylic acids is 1. The Labute approximate surface area is 164 Å². The van der Waals surface area contributed by atoms with Crippen molar-refractivity contribution in [1.82, 2.24) is 24.5 Å². The molecule has 4 rings (SSSR count). The van der Waals surface area contributed by atoms with Gasteiger partial charge in [-0.3, -0.25) is 14.2 Å². The smallest absolute Gasteiger partial charge is 0.338 e. The van der Waals surface area contributed by atoms with Crippen LogP contribution in [-0.4, -0.2) is 54.5 Å². The Morgan fingerprint density at radius 1 is 1.14 bits per heavy atom. The minimum Gasteiger partial charge on any atom is -0.478 e. The highest BCUT2D eigenvalue weighted by molar-refractivity contribution is 5.95. The largest absolute Gasteiger partial charge is 0.478 e. The summed E-state index contributed by atoms with van der Waals surface area (Å²) in [5.74, 6) is 0.0593. The number of aromatic nitrogens is 4. The maximum Gasteiger partial charge on any atom is 0.338 e. The first-order chi connectivity index (χ1) is 13.4. The van der Waals surface area contributed by atoms with Gasteiger partial charge in [-0.1, -0.05) is 13.8 Å². The third-order valence-electron chi connectivity index (χ3n) is 5.59. The first kappa shape index (κ1) is 18.7. The molecule has 150 valence electrons. The molecule has 1 saturated heterocycles. The minimum absolute atomic E-state index is 0.0713. The van der Waals surface area contributed by atoms with Crippen LogP contribution in [0.5, 0.6) is 0 Å². The van der Waals surface area contributed by atoms with Crippen LogP contribution in [0.2, 0.25) is 0 Å². The standard InChI is InChI=1S/C20H27N5O3/c1-13(2)11-25-18(14-3-4-14)17(10-22-25)19(26)23-7-5-16(6-8-23)24-12-15(9-21-24)20(27)28/h9-10,12-14,16H,3-8,11H2,1-2H3,(H,27,28). The summed E-state index contributed by atoms with van der Waals surface area (Å²) in [5.41, 5.74) is 2.07. The van der Waals surface area contributed by atoms with Crippen molar-refractivity contribution in [3.8, 4) is 0 Å². The number of carbonyl (C=O) groups is 2. The van der Waals surface area contributed by atoms with Crippen molar-refractivity contribution in [1.29, 1.82) is 0 Å². The van der Waals surface area contributed by atoms with Gasteiger partial charge in [0.25, 0.3) is 5.91 Å². The van der Waals surface area contributed by atoms with Crippen molar-refractivity contribution in [3.63, 3.8) is 0 Å². The summed E-state index contributed by atoms with van der Waals surface area (Å²) < 4.78 is 3.75. The van der Waals surface area contributed by atoms with Crippen molar-refractivity contribution in [2.75, 3.05) is 13.1 Å². The number of hydrogen-bond acceptors (Lipinski definition) is 4. The normalized spacial score (nSPS) is 18.0. The molecule has 1 aliphatic heterocycles. The van der Waals surface area contributed by atoms with E-state index in [0.717, 1.165) is 43.5 Å². The van der Waals surface area contributed by atoms with Gasteiger partial charge < -0.3 is 10.0 Å². The Balaban J connectivity index is 1.44. The van der Waals surface area contributed by atoms with Gasteiger partial charge in [0.2, 0.25) is 0 Å². The third kappa shape index (κ3) is 3.68. The van der Waals surface area contributed by atoms with Gasteiger partial charge in [-0.05, 0) is 31.6 Å². The van der Waals surface area contributed by atoms with Gasteiger partial charge in [0, 0.05) is 31.7 Å². The number of carboxylic acids is 1. The molecule has 0 atom stereocenters. The second kappa shape index (κ2) is 7.41. The van der Waals surface area contributed by atoms with E-state index < -0.39 is 5.97 Å². The summed E-state index contributed by atoms with van der Waals surface area (Å²) in [6.45, 7) is 6.45. The molecule has 1 amide bonds. The molecule has 2 fully saturated rings. The van der Waals surface area contributed by atoms with E-state index in [1.165, 1.54) is 6.20 Å². The molecule has 0 spiro atoms. The lowest BCUT2D eigenvalue weighted by molar-refractivity contribution is 0.0687. The van der Waals surface area contributed by atoms with Crippen LogP contribution < -0.4 is 0 Å². The second-order valence-corrected chi connectivity index (χ2v) is 8.33. The summed E-state index contributed by atoms with van der Waals surface area (Å²) in [6.07, 6.45) is 8.51. The highest BCUT2D eigenvalue weighted by atomic mass is 16.4. The molecule has 28 heavy (non-hydrogen) atoms. The van der Waals surface area contributed by atoms with Gasteiger partial charge in [0.15, 0.2) is 0 Å². The molecule has 0 unspecified atom stereocenters. The number of aromatic carboxylic acids is 1. The molecule has 0 bridgehead atoms. The molecule has 0 radical (unpaired) electrons. The van der Waals surface area contributed by atoms with Crippen LogP contribution in [-0.2, 0) is 6.54 Å². The SMILES string of the molecule is CC(C)Cn1ncc(C(=O)N2CCC(n3cc(C(=O)O)cn3)CC2)c1C1CC1. The zero-order chi connectivity index (χ0) is 19.8. The molecule has 1 aliphatic carbocycles.